The van der Waals surface area contributed by atoms with Gasteiger partial charge in [-0.2, -0.15) is 0 Å². The van der Waals surface area contributed by atoms with E-state index < -0.39 is 0 Å². The van der Waals surface area contributed by atoms with Gasteiger partial charge in [0.05, 0.1) is 11.8 Å². The largest absolute Gasteiger partial charge is 0.341 e. The summed E-state index contributed by atoms with van der Waals surface area (Å²) in [6.45, 7) is 2.97. The highest BCUT2D eigenvalue weighted by atomic mass is 32.2. The van der Waals surface area contributed by atoms with Crippen LogP contribution in [0.1, 0.15) is 19.8 Å². The van der Waals surface area contributed by atoms with Crippen molar-refractivity contribution in [2.24, 2.45) is 0 Å². The normalized spacial score (nSPS) is 25.7. The van der Waals surface area contributed by atoms with Crippen LogP contribution in [0.3, 0.4) is 0 Å². The molecule has 0 bridgehead atoms. The number of carbonyl (C=O) groups excluding carboxylic acids is 3. The predicted molar refractivity (Wildman–Crippen MR) is 60.0 cm³/mol. The van der Waals surface area contributed by atoms with Gasteiger partial charge in [-0.05, 0) is 6.42 Å². The summed E-state index contributed by atoms with van der Waals surface area (Å²) in [4.78, 5) is 37.5. The Labute approximate surface area is 98.1 Å². The molecule has 0 spiro atoms. The molecular formula is C10H14N2O3S. The highest BCUT2D eigenvalue weighted by Gasteiger charge is 2.39. The Hall–Kier alpha value is -1.04. The minimum absolute atomic E-state index is 0.0919. The third-order valence-corrected chi connectivity index (χ3v) is 3.80. The first-order valence-corrected chi connectivity index (χ1v) is 6.38. The van der Waals surface area contributed by atoms with E-state index in [2.05, 4.69) is 0 Å². The molecule has 2 heterocycles. The number of rotatable bonds is 2. The van der Waals surface area contributed by atoms with Crippen molar-refractivity contribution in [2.45, 2.75) is 25.8 Å². The Kier molecular flexibility index (Phi) is 3.18. The lowest BCUT2D eigenvalue weighted by Gasteiger charge is -2.21. The van der Waals surface area contributed by atoms with Crippen LogP contribution in [0.25, 0.3) is 0 Å². The second-order valence-electron chi connectivity index (χ2n) is 3.95. The molecule has 2 aliphatic heterocycles. The third-order valence-electron chi connectivity index (χ3n) is 2.97. The van der Waals surface area contributed by atoms with Crippen molar-refractivity contribution in [3.8, 4) is 0 Å². The molecule has 0 aromatic rings. The number of thioether (sulfide) groups is 1. The summed E-state index contributed by atoms with van der Waals surface area (Å²) in [5, 5.41) is -0.166. The third kappa shape index (κ3) is 1.93. The predicted octanol–water partition coefficient (Wildman–Crippen LogP) is 0.693. The first-order chi connectivity index (χ1) is 7.63. The van der Waals surface area contributed by atoms with Gasteiger partial charge in [-0.25, -0.2) is 0 Å². The number of imide groups is 1. The lowest BCUT2D eigenvalue weighted by Crippen LogP contribution is -2.41. The van der Waals surface area contributed by atoms with E-state index in [1.54, 1.807) is 4.90 Å². The smallest absolute Gasteiger partial charge is 0.289 e. The first kappa shape index (κ1) is 11.4. The van der Waals surface area contributed by atoms with E-state index in [0.717, 1.165) is 11.8 Å². The van der Waals surface area contributed by atoms with Crippen LogP contribution in [0, 0.1) is 0 Å². The van der Waals surface area contributed by atoms with Crippen LogP contribution < -0.4 is 0 Å². The Morgan fingerprint density at radius 1 is 1.50 bits per heavy atom. The van der Waals surface area contributed by atoms with E-state index in [0.29, 0.717) is 25.9 Å². The fourth-order valence-electron chi connectivity index (χ4n) is 2.12. The minimum atomic E-state index is -0.166. The van der Waals surface area contributed by atoms with Crippen LogP contribution in [-0.4, -0.2) is 51.7 Å². The van der Waals surface area contributed by atoms with E-state index in [9.17, 15) is 14.4 Å². The van der Waals surface area contributed by atoms with Crippen LogP contribution in [-0.2, 0) is 9.59 Å². The van der Waals surface area contributed by atoms with Crippen molar-refractivity contribution in [3.63, 3.8) is 0 Å². The Morgan fingerprint density at radius 2 is 2.25 bits per heavy atom. The van der Waals surface area contributed by atoms with Crippen molar-refractivity contribution < 1.29 is 14.4 Å². The summed E-state index contributed by atoms with van der Waals surface area (Å²) in [7, 11) is 0. The van der Waals surface area contributed by atoms with Gasteiger partial charge < -0.3 is 4.90 Å². The maximum atomic E-state index is 11.5. The van der Waals surface area contributed by atoms with Crippen LogP contribution in [0.5, 0.6) is 0 Å². The standard InChI is InChI=1S/C10H14N2O3S/c1-2-8(13)11-4-3-7(5-11)12-9(14)6-16-10(12)15/h7H,2-6H2,1H3. The summed E-state index contributed by atoms with van der Waals surface area (Å²) < 4.78 is 0. The van der Waals surface area contributed by atoms with Gasteiger partial charge in [0.2, 0.25) is 11.8 Å². The second kappa shape index (κ2) is 4.45. The molecule has 2 fully saturated rings. The van der Waals surface area contributed by atoms with Gasteiger partial charge >= 0.3 is 0 Å². The maximum absolute atomic E-state index is 11.5. The lowest BCUT2D eigenvalue weighted by atomic mass is 10.2. The average Bonchev–Trinajstić information content (AvgIpc) is 2.85. The molecule has 0 aromatic heterocycles. The molecule has 0 radical (unpaired) electrons. The summed E-state index contributed by atoms with van der Waals surface area (Å²) in [6, 6.07) is -0.106. The average molecular weight is 242 g/mol. The summed E-state index contributed by atoms with van der Waals surface area (Å²) in [5.41, 5.74) is 0. The molecule has 5 nitrogen and oxygen atoms in total. The topological polar surface area (TPSA) is 57.7 Å². The highest BCUT2D eigenvalue weighted by Crippen LogP contribution is 2.26. The molecule has 2 aliphatic rings. The van der Waals surface area contributed by atoms with Crippen LogP contribution >= 0.6 is 11.8 Å². The monoisotopic (exact) mass is 242 g/mol. The summed E-state index contributed by atoms with van der Waals surface area (Å²) in [5.74, 6) is 0.219. The maximum Gasteiger partial charge on any atom is 0.289 e. The molecule has 0 aromatic carbocycles. The van der Waals surface area contributed by atoms with Crippen molar-refractivity contribution >= 4 is 28.8 Å². The van der Waals surface area contributed by atoms with E-state index in [1.165, 1.54) is 4.90 Å². The number of carbonyl (C=O) groups is 3. The van der Waals surface area contributed by atoms with Crippen LogP contribution in [0.4, 0.5) is 4.79 Å². The molecule has 16 heavy (non-hydrogen) atoms. The molecule has 0 N–H and O–H groups in total. The molecule has 88 valence electrons. The molecule has 2 rings (SSSR count). The lowest BCUT2D eigenvalue weighted by molar-refractivity contribution is -0.131. The zero-order chi connectivity index (χ0) is 11.7. The van der Waals surface area contributed by atoms with E-state index in [4.69, 9.17) is 0 Å². The van der Waals surface area contributed by atoms with Crippen molar-refractivity contribution in [3.05, 3.63) is 0 Å². The van der Waals surface area contributed by atoms with Crippen LogP contribution in [0.2, 0.25) is 0 Å². The number of hydrogen-bond donors (Lipinski definition) is 0. The Bertz CT molecular complexity index is 329. The fourth-order valence-corrected chi connectivity index (χ4v) is 2.90. The number of likely N-dealkylation sites (tertiary alicyclic amines) is 1. The SMILES string of the molecule is CCC(=O)N1CCC(N2C(=O)CSC2=O)C1. The van der Waals surface area contributed by atoms with Gasteiger partial charge in [0, 0.05) is 19.5 Å². The Balaban J connectivity index is 2.00. The molecule has 0 saturated carbocycles. The van der Waals surface area contributed by atoms with Crippen molar-refractivity contribution in [2.75, 3.05) is 18.8 Å². The van der Waals surface area contributed by atoms with Gasteiger partial charge in [-0.15, -0.1) is 0 Å². The molecule has 1 atom stereocenters. The molecule has 0 aliphatic carbocycles. The first-order valence-electron chi connectivity index (χ1n) is 5.40. The summed E-state index contributed by atoms with van der Waals surface area (Å²) in [6.07, 6.45) is 1.19. The van der Waals surface area contributed by atoms with E-state index >= 15 is 0 Å². The van der Waals surface area contributed by atoms with Gasteiger partial charge in [0.25, 0.3) is 5.24 Å². The van der Waals surface area contributed by atoms with Gasteiger partial charge in [-0.1, -0.05) is 18.7 Å². The van der Waals surface area contributed by atoms with E-state index in [1.807, 2.05) is 6.92 Å². The molecule has 2 saturated heterocycles. The van der Waals surface area contributed by atoms with E-state index in [-0.39, 0.29) is 28.8 Å². The second-order valence-corrected chi connectivity index (χ2v) is 4.88. The zero-order valence-electron chi connectivity index (χ0n) is 9.14. The Morgan fingerprint density at radius 3 is 2.81 bits per heavy atom. The zero-order valence-corrected chi connectivity index (χ0v) is 9.96. The number of hydrogen-bond acceptors (Lipinski definition) is 4. The van der Waals surface area contributed by atoms with Gasteiger partial charge in [0.1, 0.15) is 0 Å². The number of nitrogens with zero attached hydrogens (tertiary/aromatic N) is 2. The highest BCUT2D eigenvalue weighted by molar-refractivity contribution is 8.14. The number of amides is 3. The minimum Gasteiger partial charge on any atom is -0.341 e. The molecule has 6 heteroatoms. The van der Waals surface area contributed by atoms with Gasteiger partial charge in [0.15, 0.2) is 0 Å². The van der Waals surface area contributed by atoms with Crippen molar-refractivity contribution in [1.82, 2.24) is 9.80 Å². The molecular weight excluding hydrogens is 228 g/mol. The summed E-state index contributed by atoms with van der Waals surface area (Å²) >= 11 is 1.05. The van der Waals surface area contributed by atoms with Gasteiger partial charge in [-0.3, -0.25) is 19.3 Å². The quantitative estimate of drug-likeness (QED) is 0.715. The fraction of sp³-hybridized carbons (Fsp3) is 0.700. The van der Waals surface area contributed by atoms with Crippen LogP contribution in [0.15, 0.2) is 0 Å². The molecule has 3 amide bonds. The molecule has 1 unspecified atom stereocenters. The van der Waals surface area contributed by atoms with Crippen molar-refractivity contribution in [1.29, 1.82) is 0 Å².